The van der Waals surface area contributed by atoms with Crippen molar-refractivity contribution in [1.82, 2.24) is 9.88 Å². The molecule has 6 heteroatoms. The van der Waals surface area contributed by atoms with Gasteiger partial charge in [-0.1, -0.05) is 18.2 Å². The molecule has 1 saturated heterocycles. The van der Waals surface area contributed by atoms with Crippen LogP contribution in [0, 0.1) is 17.2 Å². The molecule has 2 heterocycles. The smallest absolute Gasteiger partial charge is 0.321 e. The van der Waals surface area contributed by atoms with Gasteiger partial charge in [0.1, 0.15) is 5.75 Å². The topological polar surface area (TPSA) is 78.3 Å². The van der Waals surface area contributed by atoms with Crippen LogP contribution in [0.5, 0.6) is 11.6 Å². The van der Waals surface area contributed by atoms with E-state index in [1.165, 1.54) is 0 Å². The van der Waals surface area contributed by atoms with E-state index in [2.05, 4.69) is 16.4 Å². The Morgan fingerprint density at radius 3 is 2.76 bits per heavy atom. The van der Waals surface area contributed by atoms with Crippen LogP contribution < -0.4 is 10.1 Å². The Morgan fingerprint density at radius 1 is 1.28 bits per heavy atom. The molecular formula is C19H20N4O2. The zero-order valence-corrected chi connectivity index (χ0v) is 13.9. The van der Waals surface area contributed by atoms with Gasteiger partial charge in [-0.2, -0.15) is 5.26 Å². The van der Waals surface area contributed by atoms with Crippen molar-refractivity contribution < 1.29 is 9.53 Å². The molecule has 6 nitrogen and oxygen atoms in total. The molecule has 1 N–H and O–H groups in total. The maximum Gasteiger partial charge on any atom is 0.321 e. The molecule has 1 aromatic heterocycles. The van der Waals surface area contributed by atoms with E-state index in [9.17, 15) is 4.79 Å². The summed E-state index contributed by atoms with van der Waals surface area (Å²) in [6, 6.07) is 14.9. The Morgan fingerprint density at radius 2 is 2.04 bits per heavy atom. The first-order valence-corrected chi connectivity index (χ1v) is 8.36. The molecule has 0 spiro atoms. The number of aromatic nitrogens is 1. The zero-order chi connectivity index (χ0) is 17.5. The lowest BCUT2D eigenvalue weighted by atomic mass is 9.94. The molecule has 0 atom stereocenters. The fourth-order valence-electron chi connectivity index (χ4n) is 2.82. The molecule has 0 unspecified atom stereocenters. The highest BCUT2D eigenvalue weighted by molar-refractivity contribution is 5.89. The molecule has 3 rings (SSSR count). The number of carbonyl (C=O) groups excluding carboxylic acids is 1. The number of ether oxygens (including phenoxy) is 1. The van der Waals surface area contributed by atoms with E-state index in [4.69, 9.17) is 10.00 Å². The normalized spacial score (nSPS) is 14.6. The molecule has 2 amide bonds. The Kier molecular flexibility index (Phi) is 5.47. The summed E-state index contributed by atoms with van der Waals surface area (Å²) in [5, 5.41) is 11.6. The van der Waals surface area contributed by atoms with E-state index in [0.29, 0.717) is 42.7 Å². The second-order valence-corrected chi connectivity index (χ2v) is 6.02. The van der Waals surface area contributed by atoms with E-state index < -0.39 is 0 Å². The maximum atomic E-state index is 12.4. The van der Waals surface area contributed by atoms with Crippen molar-refractivity contribution in [3.8, 4) is 17.7 Å². The molecule has 25 heavy (non-hydrogen) atoms. The van der Waals surface area contributed by atoms with Crippen LogP contribution in [0.25, 0.3) is 0 Å². The Balaban J connectivity index is 1.57. The number of rotatable bonds is 4. The van der Waals surface area contributed by atoms with Crippen LogP contribution >= 0.6 is 0 Å². The molecule has 0 aliphatic carbocycles. The van der Waals surface area contributed by atoms with Crippen molar-refractivity contribution in [3.63, 3.8) is 0 Å². The highest BCUT2D eigenvalue weighted by atomic mass is 16.5. The molecule has 1 aliphatic rings. The van der Waals surface area contributed by atoms with E-state index in [-0.39, 0.29) is 6.03 Å². The van der Waals surface area contributed by atoms with Gasteiger partial charge < -0.3 is 15.0 Å². The standard InChI is InChI=1S/C19H20N4O2/c20-10-6-15-8-12-23(13-9-15)19(24)22-16-7-11-21-18(14-16)25-17-4-2-1-3-5-17/h1-5,7,11,14-15H,6,8-9,12-13H2,(H,21,22,24). The van der Waals surface area contributed by atoms with Gasteiger partial charge >= 0.3 is 6.03 Å². The third kappa shape index (κ3) is 4.70. The number of pyridine rings is 1. The fraction of sp³-hybridized carbons (Fsp3) is 0.316. The van der Waals surface area contributed by atoms with E-state index >= 15 is 0 Å². The fourth-order valence-corrected chi connectivity index (χ4v) is 2.82. The van der Waals surface area contributed by atoms with Gasteiger partial charge in [-0.15, -0.1) is 0 Å². The van der Waals surface area contributed by atoms with Crippen molar-refractivity contribution in [2.45, 2.75) is 19.3 Å². The highest BCUT2D eigenvalue weighted by Crippen LogP contribution is 2.23. The molecule has 1 aromatic carbocycles. The van der Waals surface area contributed by atoms with Crippen molar-refractivity contribution in [3.05, 3.63) is 48.7 Å². The first-order valence-electron chi connectivity index (χ1n) is 8.36. The molecule has 1 aliphatic heterocycles. The summed E-state index contributed by atoms with van der Waals surface area (Å²) >= 11 is 0. The van der Waals surface area contributed by atoms with E-state index in [1.54, 1.807) is 23.2 Å². The molecule has 1 fully saturated rings. The van der Waals surface area contributed by atoms with Gasteiger partial charge in [0.25, 0.3) is 0 Å². The Labute approximate surface area is 147 Å². The SMILES string of the molecule is N#CCC1CCN(C(=O)Nc2ccnc(Oc3ccccc3)c2)CC1. The van der Waals surface area contributed by atoms with Gasteiger partial charge in [0.05, 0.1) is 6.07 Å². The van der Waals surface area contributed by atoms with Crippen LogP contribution in [-0.2, 0) is 0 Å². The van der Waals surface area contributed by atoms with Crippen LogP contribution in [-0.4, -0.2) is 29.0 Å². The quantitative estimate of drug-likeness (QED) is 0.914. The van der Waals surface area contributed by atoms with Crippen molar-refractivity contribution in [1.29, 1.82) is 5.26 Å². The van der Waals surface area contributed by atoms with Gasteiger partial charge in [0, 0.05) is 37.5 Å². The number of nitrogens with zero attached hydrogens (tertiary/aromatic N) is 3. The van der Waals surface area contributed by atoms with E-state index in [1.807, 2.05) is 30.3 Å². The summed E-state index contributed by atoms with van der Waals surface area (Å²) in [6.45, 7) is 1.35. The number of anilines is 1. The minimum absolute atomic E-state index is 0.132. The number of nitriles is 1. The van der Waals surface area contributed by atoms with Gasteiger partial charge in [-0.3, -0.25) is 0 Å². The number of piperidine rings is 1. The third-order valence-corrected chi connectivity index (χ3v) is 4.23. The maximum absolute atomic E-state index is 12.4. The largest absolute Gasteiger partial charge is 0.439 e. The van der Waals surface area contributed by atoms with Gasteiger partial charge in [-0.05, 0) is 37.0 Å². The summed E-state index contributed by atoms with van der Waals surface area (Å²) in [5.41, 5.74) is 0.644. The molecule has 0 bridgehead atoms. The average molecular weight is 336 g/mol. The number of likely N-dealkylation sites (tertiary alicyclic amines) is 1. The van der Waals surface area contributed by atoms with Crippen molar-refractivity contribution in [2.75, 3.05) is 18.4 Å². The summed E-state index contributed by atoms with van der Waals surface area (Å²) in [4.78, 5) is 18.3. The molecule has 0 saturated carbocycles. The second-order valence-electron chi connectivity index (χ2n) is 6.02. The number of carbonyl (C=O) groups is 1. The number of urea groups is 1. The van der Waals surface area contributed by atoms with Gasteiger partial charge in [0.2, 0.25) is 5.88 Å². The first-order chi connectivity index (χ1) is 12.2. The minimum atomic E-state index is -0.132. The lowest BCUT2D eigenvalue weighted by Gasteiger charge is -2.31. The molecular weight excluding hydrogens is 316 g/mol. The van der Waals surface area contributed by atoms with Crippen molar-refractivity contribution >= 4 is 11.7 Å². The highest BCUT2D eigenvalue weighted by Gasteiger charge is 2.22. The number of hydrogen-bond donors (Lipinski definition) is 1. The summed E-state index contributed by atoms with van der Waals surface area (Å²) < 4.78 is 5.68. The van der Waals surface area contributed by atoms with Crippen LogP contribution in [0.3, 0.4) is 0 Å². The lowest BCUT2D eigenvalue weighted by molar-refractivity contribution is 0.183. The average Bonchev–Trinajstić information content (AvgIpc) is 2.64. The minimum Gasteiger partial charge on any atom is -0.439 e. The predicted molar refractivity (Wildman–Crippen MR) is 94.3 cm³/mol. The van der Waals surface area contributed by atoms with Crippen LogP contribution in [0.2, 0.25) is 0 Å². The molecule has 128 valence electrons. The third-order valence-electron chi connectivity index (χ3n) is 4.23. The van der Waals surface area contributed by atoms with Gasteiger partial charge in [0.15, 0.2) is 0 Å². The predicted octanol–water partition coefficient (Wildman–Crippen LogP) is 4.03. The number of benzene rings is 1. The summed E-state index contributed by atoms with van der Waals surface area (Å²) in [7, 11) is 0. The number of amides is 2. The van der Waals surface area contributed by atoms with Crippen LogP contribution in [0.15, 0.2) is 48.7 Å². The summed E-state index contributed by atoms with van der Waals surface area (Å²) in [5.74, 6) is 1.52. The number of nitrogens with one attached hydrogen (secondary N) is 1. The second kappa shape index (κ2) is 8.15. The number of hydrogen-bond acceptors (Lipinski definition) is 4. The monoisotopic (exact) mass is 336 g/mol. The molecule has 0 radical (unpaired) electrons. The van der Waals surface area contributed by atoms with Crippen LogP contribution in [0.1, 0.15) is 19.3 Å². The number of para-hydroxylation sites is 1. The Bertz CT molecular complexity index is 750. The Hall–Kier alpha value is -3.07. The zero-order valence-electron chi connectivity index (χ0n) is 13.9. The first kappa shape index (κ1) is 16.8. The van der Waals surface area contributed by atoms with Crippen molar-refractivity contribution in [2.24, 2.45) is 5.92 Å². The summed E-state index contributed by atoms with van der Waals surface area (Å²) in [6.07, 6.45) is 3.92. The lowest BCUT2D eigenvalue weighted by Crippen LogP contribution is -2.41. The van der Waals surface area contributed by atoms with Gasteiger partial charge in [-0.25, -0.2) is 9.78 Å². The molecule has 2 aromatic rings. The van der Waals surface area contributed by atoms with E-state index in [0.717, 1.165) is 12.8 Å². The van der Waals surface area contributed by atoms with Crippen LogP contribution in [0.4, 0.5) is 10.5 Å².